The third kappa shape index (κ3) is 4.31. The van der Waals surface area contributed by atoms with Gasteiger partial charge in [0.2, 0.25) is 0 Å². The van der Waals surface area contributed by atoms with E-state index in [9.17, 15) is 10.2 Å². The Kier molecular flexibility index (Phi) is 6.46. The Bertz CT molecular complexity index is 862. The molecule has 2 radical (unpaired) electrons. The van der Waals surface area contributed by atoms with Crippen molar-refractivity contribution < 1.29 is 10.2 Å². The number of hydrogen-bond donors (Lipinski definition) is 3. The van der Waals surface area contributed by atoms with E-state index in [1.54, 1.807) is 0 Å². The van der Waals surface area contributed by atoms with Crippen LogP contribution in [0.25, 0.3) is 0 Å². The summed E-state index contributed by atoms with van der Waals surface area (Å²) in [4.78, 5) is 0. The summed E-state index contributed by atoms with van der Waals surface area (Å²) in [5.41, 5.74) is 1.64. The van der Waals surface area contributed by atoms with Gasteiger partial charge in [0.1, 0.15) is 5.30 Å². The van der Waals surface area contributed by atoms with Gasteiger partial charge in [-0.3, -0.25) is 0 Å². The second kappa shape index (κ2) is 8.82. The largest absolute Gasteiger partial charge is 0.399 e. The van der Waals surface area contributed by atoms with Crippen molar-refractivity contribution in [2.24, 2.45) is 0 Å². The lowest BCUT2D eigenvalue weighted by Crippen LogP contribution is -2.42. The quantitative estimate of drug-likeness (QED) is 0.439. The van der Waals surface area contributed by atoms with E-state index >= 15 is 0 Å². The summed E-state index contributed by atoms with van der Waals surface area (Å²) in [6, 6.07) is 26.8. The van der Waals surface area contributed by atoms with Gasteiger partial charge in [0.25, 0.3) is 0 Å². The highest BCUT2D eigenvalue weighted by Crippen LogP contribution is 2.49. The molecule has 3 N–H and O–H groups in total. The molecule has 0 aliphatic heterocycles. The number of benzene rings is 3. The minimum atomic E-state index is -2.53. The molecule has 0 fully saturated rings. The fraction of sp³-hybridized carbons (Fsp3) is 0.182. The summed E-state index contributed by atoms with van der Waals surface area (Å²) in [6.45, 7) is 1.85. The second-order valence-corrected chi connectivity index (χ2v) is 9.32. The first kappa shape index (κ1) is 19.8. The molecule has 3 atom stereocenters. The van der Waals surface area contributed by atoms with Crippen LogP contribution in [0, 0.1) is 0 Å². The monoisotopic (exact) mass is 376 g/mol. The van der Waals surface area contributed by atoms with Gasteiger partial charge in [0.05, 0.1) is 31.3 Å². The van der Waals surface area contributed by atoms with Crippen LogP contribution in [0.5, 0.6) is 0 Å². The molecule has 1 unspecified atom stereocenters. The molecule has 0 heterocycles. The molecular formula is C22H24BNO2P+. The minimum absolute atomic E-state index is 0.0841. The summed E-state index contributed by atoms with van der Waals surface area (Å²) >= 11 is 0. The van der Waals surface area contributed by atoms with Crippen LogP contribution < -0.4 is 15.7 Å². The van der Waals surface area contributed by atoms with Gasteiger partial charge in [-0.25, -0.2) is 0 Å². The SMILES string of the molecule is [B][P+](N[C@@H](C)[C@H](O)c1ccccc1)(c1ccccc1)c1ccccc1CO. The molecule has 5 heteroatoms. The smallest absolute Gasteiger partial charge is 0.392 e. The maximum absolute atomic E-state index is 10.8. The van der Waals surface area contributed by atoms with E-state index in [4.69, 9.17) is 7.57 Å². The summed E-state index contributed by atoms with van der Waals surface area (Å²) in [7, 11) is 4.48. The molecule has 0 aliphatic carbocycles. The zero-order chi connectivity index (χ0) is 19.3. The van der Waals surface area contributed by atoms with Crippen molar-refractivity contribution in [2.75, 3.05) is 0 Å². The van der Waals surface area contributed by atoms with Gasteiger partial charge < -0.3 is 10.2 Å². The van der Waals surface area contributed by atoms with Gasteiger partial charge in [-0.1, -0.05) is 66.7 Å². The zero-order valence-electron chi connectivity index (χ0n) is 15.4. The number of aliphatic hydroxyl groups excluding tert-OH is 2. The van der Waals surface area contributed by atoms with Crippen molar-refractivity contribution in [2.45, 2.75) is 25.7 Å². The Morgan fingerprint density at radius 1 is 0.889 bits per heavy atom. The molecule has 0 aromatic heterocycles. The number of rotatable bonds is 7. The summed E-state index contributed by atoms with van der Waals surface area (Å²) in [5, 5.41) is 26.0. The first-order valence-corrected chi connectivity index (χ1v) is 10.9. The van der Waals surface area contributed by atoms with Crippen LogP contribution in [-0.4, -0.2) is 23.8 Å². The molecule has 0 amide bonds. The van der Waals surface area contributed by atoms with Crippen LogP contribution in [-0.2, 0) is 6.61 Å². The van der Waals surface area contributed by atoms with Crippen LogP contribution >= 0.6 is 7.29 Å². The Morgan fingerprint density at radius 3 is 2.07 bits per heavy atom. The lowest BCUT2D eigenvalue weighted by molar-refractivity contribution is 0.147. The first-order valence-electron chi connectivity index (χ1n) is 8.99. The van der Waals surface area contributed by atoms with Crippen LogP contribution in [0.4, 0.5) is 0 Å². The van der Waals surface area contributed by atoms with Crippen molar-refractivity contribution in [1.29, 1.82) is 0 Å². The normalized spacial score (nSPS) is 15.7. The minimum Gasteiger partial charge on any atom is -0.392 e. The van der Waals surface area contributed by atoms with Crippen LogP contribution in [0.1, 0.15) is 24.2 Å². The van der Waals surface area contributed by atoms with Gasteiger partial charge in [-0.2, -0.15) is 5.09 Å². The summed E-state index contributed by atoms with van der Waals surface area (Å²) in [6.07, 6.45) is -0.695. The molecule has 3 rings (SSSR count). The molecular weight excluding hydrogens is 352 g/mol. The highest BCUT2D eigenvalue weighted by Gasteiger charge is 2.42. The van der Waals surface area contributed by atoms with Crippen molar-refractivity contribution in [3.63, 3.8) is 0 Å². The van der Waals surface area contributed by atoms with E-state index in [0.717, 1.165) is 21.7 Å². The number of hydrogen-bond acceptors (Lipinski definition) is 3. The van der Waals surface area contributed by atoms with E-state index < -0.39 is 13.4 Å². The van der Waals surface area contributed by atoms with Crippen LogP contribution in [0.15, 0.2) is 84.9 Å². The lowest BCUT2D eigenvalue weighted by atomic mass is 10.0. The lowest BCUT2D eigenvalue weighted by Gasteiger charge is -2.31. The van der Waals surface area contributed by atoms with Crippen LogP contribution in [0.2, 0.25) is 0 Å². The maximum atomic E-state index is 10.8. The van der Waals surface area contributed by atoms with E-state index in [1.165, 1.54) is 0 Å². The van der Waals surface area contributed by atoms with Gasteiger partial charge in [0, 0.05) is 5.56 Å². The molecule has 136 valence electrons. The molecule has 27 heavy (non-hydrogen) atoms. The van der Waals surface area contributed by atoms with Gasteiger partial charge in [-0.15, -0.1) is 0 Å². The summed E-state index contributed by atoms with van der Waals surface area (Å²) in [5.74, 6) is 0. The van der Waals surface area contributed by atoms with Crippen molar-refractivity contribution in [1.82, 2.24) is 5.09 Å². The van der Waals surface area contributed by atoms with E-state index in [-0.39, 0.29) is 12.6 Å². The van der Waals surface area contributed by atoms with Crippen molar-refractivity contribution in [3.05, 3.63) is 96.1 Å². The van der Waals surface area contributed by atoms with Gasteiger partial charge in [-0.05, 0) is 30.7 Å². The fourth-order valence-electron chi connectivity index (χ4n) is 3.27. The third-order valence-electron chi connectivity index (χ3n) is 4.73. The molecule has 3 aromatic carbocycles. The molecule has 0 aliphatic rings. The Labute approximate surface area is 162 Å². The molecule has 0 bridgehead atoms. The highest BCUT2D eigenvalue weighted by molar-refractivity contribution is 8.07. The van der Waals surface area contributed by atoms with Crippen LogP contribution in [0.3, 0.4) is 0 Å². The highest BCUT2D eigenvalue weighted by atomic mass is 31.2. The Morgan fingerprint density at radius 2 is 1.44 bits per heavy atom. The molecule has 0 saturated carbocycles. The van der Waals surface area contributed by atoms with E-state index in [2.05, 4.69) is 5.09 Å². The second-order valence-electron chi connectivity index (χ2n) is 6.62. The van der Waals surface area contributed by atoms with Gasteiger partial charge >= 0.3 is 7.57 Å². The summed E-state index contributed by atoms with van der Waals surface area (Å²) < 4.78 is 0. The fourth-order valence-corrected chi connectivity index (χ4v) is 6.18. The molecule has 0 saturated heterocycles. The number of nitrogens with one attached hydrogen (secondary N) is 1. The third-order valence-corrected chi connectivity index (χ3v) is 7.85. The van der Waals surface area contributed by atoms with Crippen molar-refractivity contribution >= 4 is 25.5 Å². The van der Waals surface area contributed by atoms with Gasteiger partial charge in [0.15, 0.2) is 0 Å². The standard InChI is InChI=1S/C22H24BNO2P/c1-17(22(26)18-10-4-2-5-11-18)24-27(23,20-13-6-3-7-14-20)21-15-9-8-12-19(21)16-25/h2-15,17,22,24-26H,16H2,1H3/q+1/t17-,22-,27?/m0/s1. The predicted molar refractivity (Wildman–Crippen MR) is 115 cm³/mol. The Balaban J connectivity index is 2.01. The van der Waals surface area contributed by atoms with E-state index in [0.29, 0.717) is 0 Å². The van der Waals surface area contributed by atoms with E-state index in [1.807, 2.05) is 91.9 Å². The predicted octanol–water partition coefficient (Wildman–Crippen LogP) is 2.86. The van der Waals surface area contributed by atoms with Crippen molar-refractivity contribution in [3.8, 4) is 0 Å². The average molecular weight is 376 g/mol. The first-order chi connectivity index (χ1) is 13.1. The number of aliphatic hydroxyl groups is 2. The molecule has 3 nitrogen and oxygen atoms in total. The molecule has 3 aromatic rings. The average Bonchev–Trinajstić information content (AvgIpc) is 2.74. The topological polar surface area (TPSA) is 52.5 Å². The Hall–Kier alpha value is -1.97. The zero-order valence-corrected chi connectivity index (χ0v) is 16.3. The maximum Gasteiger partial charge on any atom is 0.399 e. The molecule has 0 spiro atoms.